The van der Waals surface area contributed by atoms with Crippen molar-refractivity contribution in [3.05, 3.63) is 82.9 Å². The zero-order valence-corrected chi connectivity index (χ0v) is 16.1. The summed E-state index contributed by atoms with van der Waals surface area (Å²) >= 11 is 0. The molecule has 0 aromatic heterocycles. The molecule has 0 N–H and O–H groups in total. The molecule has 0 saturated heterocycles. The molecule has 0 heterocycles. The SMILES string of the molecule is C#Cc1c2ccccc2c(C#C)c2cc3c(C#C)c4ccccc4c(C#C)c3cc12. The first-order valence-electron chi connectivity index (χ1n) is 9.46. The van der Waals surface area contributed by atoms with Gasteiger partial charge in [0.15, 0.2) is 0 Å². The Kier molecular flexibility index (Phi) is 3.77. The molecule has 5 rings (SSSR count). The molecule has 0 aliphatic carbocycles. The maximum absolute atomic E-state index is 5.96. The van der Waals surface area contributed by atoms with Crippen molar-refractivity contribution in [2.45, 2.75) is 0 Å². The van der Waals surface area contributed by atoms with Gasteiger partial charge >= 0.3 is 0 Å². The second-order valence-corrected chi connectivity index (χ2v) is 7.11. The van der Waals surface area contributed by atoms with Crippen LogP contribution in [0.2, 0.25) is 0 Å². The fraction of sp³-hybridized carbons (Fsp3) is 0. The van der Waals surface area contributed by atoms with Gasteiger partial charge in [0.2, 0.25) is 0 Å². The van der Waals surface area contributed by atoms with E-state index in [0.717, 1.165) is 65.3 Å². The molecule has 0 heteroatoms. The van der Waals surface area contributed by atoms with Crippen molar-refractivity contribution < 1.29 is 0 Å². The molecule has 0 bridgehead atoms. The number of hydrogen-bond acceptors (Lipinski definition) is 0. The largest absolute Gasteiger partial charge is 0.115 e. The summed E-state index contributed by atoms with van der Waals surface area (Å²) in [4.78, 5) is 0. The highest BCUT2D eigenvalue weighted by molar-refractivity contribution is 6.18. The Balaban J connectivity index is 2.17. The van der Waals surface area contributed by atoms with Gasteiger partial charge in [-0.2, -0.15) is 0 Å². The lowest BCUT2D eigenvalue weighted by molar-refractivity contribution is 1.71. The van der Waals surface area contributed by atoms with Crippen molar-refractivity contribution >= 4 is 43.1 Å². The zero-order chi connectivity index (χ0) is 20.8. The highest BCUT2D eigenvalue weighted by Gasteiger charge is 2.17. The lowest BCUT2D eigenvalue weighted by atomic mass is 9.86. The summed E-state index contributed by atoms with van der Waals surface area (Å²) in [7, 11) is 0. The Morgan fingerprint density at radius 3 is 0.800 bits per heavy atom. The predicted molar refractivity (Wildman–Crippen MR) is 128 cm³/mol. The molecule has 0 atom stereocenters. The van der Waals surface area contributed by atoms with E-state index in [1.165, 1.54) is 0 Å². The smallest absolute Gasteiger partial charge is 0.0400 e. The molecule has 5 aromatic carbocycles. The van der Waals surface area contributed by atoms with Crippen molar-refractivity contribution in [1.82, 2.24) is 0 Å². The van der Waals surface area contributed by atoms with Gasteiger partial charge in [-0.25, -0.2) is 0 Å². The van der Waals surface area contributed by atoms with Crippen LogP contribution in [0.25, 0.3) is 43.1 Å². The molecule has 5 aromatic rings. The van der Waals surface area contributed by atoms with Crippen LogP contribution in [-0.2, 0) is 0 Å². The van der Waals surface area contributed by atoms with Crippen molar-refractivity contribution in [3.8, 4) is 49.4 Å². The summed E-state index contributed by atoms with van der Waals surface area (Å²) in [5.74, 6) is 11.5. The molecule has 0 radical (unpaired) electrons. The second-order valence-electron chi connectivity index (χ2n) is 7.11. The van der Waals surface area contributed by atoms with E-state index in [-0.39, 0.29) is 0 Å². The van der Waals surface area contributed by atoms with Gasteiger partial charge in [-0.1, -0.05) is 72.2 Å². The highest BCUT2D eigenvalue weighted by atomic mass is 14.2. The molecule has 0 nitrogen and oxygen atoms in total. The minimum Gasteiger partial charge on any atom is -0.115 e. The van der Waals surface area contributed by atoms with Gasteiger partial charge in [0.25, 0.3) is 0 Å². The lowest BCUT2D eigenvalue weighted by Crippen LogP contribution is -1.94. The number of fused-ring (bicyclic) bond motifs is 4. The monoisotopic (exact) mass is 374 g/mol. The topological polar surface area (TPSA) is 0 Å². The summed E-state index contributed by atoms with van der Waals surface area (Å²) in [5, 5.41) is 7.47. The van der Waals surface area contributed by atoms with E-state index in [9.17, 15) is 0 Å². The Hall–Kier alpha value is -4.62. The number of terminal acetylenes is 4. The third-order valence-corrected chi connectivity index (χ3v) is 5.74. The summed E-state index contributed by atoms with van der Waals surface area (Å²) in [6, 6.07) is 20.0. The molecule has 30 heavy (non-hydrogen) atoms. The van der Waals surface area contributed by atoms with Crippen molar-refractivity contribution in [1.29, 1.82) is 0 Å². The first kappa shape index (κ1) is 17.5. The average molecular weight is 374 g/mol. The molecule has 0 amide bonds. The molecule has 0 spiro atoms. The minimum absolute atomic E-state index is 0.805. The van der Waals surface area contributed by atoms with Crippen LogP contribution >= 0.6 is 0 Å². The van der Waals surface area contributed by atoms with Gasteiger partial charge < -0.3 is 0 Å². The third-order valence-electron chi connectivity index (χ3n) is 5.74. The van der Waals surface area contributed by atoms with Gasteiger partial charge in [0, 0.05) is 22.3 Å². The van der Waals surface area contributed by atoms with Gasteiger partial charge in [0.05, 0.1) is 0 Å². The Labute approximate surface area is 175 Å². The first-order valence-corrected chi connectivity index (χ1v) is 9.46. The van der Waals surface area contributed by atoms with E-state index in [1.807, 2.05) is 48.5 Å². The summed E-state index contributed by atoms with van der Waals surface area (Å²) in [6.45, 7) is 0. The normalized spacial score (nSPS) is 10.5. The minimum atomic E-state index is 0.805. The van der Waals surface area contributed by atoms with Crippen LogP contribution < -0.4 is 0 Å². The number of rotatable bonds is 0. The van der Waals surface area contributed by atoms with Gasteiger partial charge in [0.1, 0.15) is 0 Å². The van der Waals surface area contributed by atoms with E-state index >= 15 is 0 Å². The van der Waals surface area contributed by atoms with Crippen LogP contribution in [0, 0.1) is 49.4 Å². The van der Waals surface area contributed by atoms with E-state index < -0.39 is 0 Å². The van der Waals surface area contributed by atoms with Crippen LogP contribution in [0.1, 0.15) is 22.3 Å². The van der Waals surface area contributed by atoms with Gasteiger partial charge in [-0.15, -0.1) is 25.7 Å². The molecule has 134 valence electrons. The molecular formula is C30H14. The number of hydrogen-bond donors (Lipinski definition) is 0. The van der Waals surface area contributed by atoms with Crippen LogP contribution in [0.15, 0.2) is 60.7 Å². The second kappa shape index (κ2) is 6.47. The van der Waals surface area contributed by atoms with Crippen LogP contribution in [0.3, 0.4) is 0 Å². The quantitative estimate of drug-likeness (QED) is 0.223. The predicted octanol–water partition coefficient (Wildman–Crippen LogP) is 6.22. The third kappa shape index (κ3) is 2.17. The van der Waals surface area contributed by atoms with Crippen LogP contribution in [-0.4, -0.2) is 0 Å². The summed E-state index contributed by atoms with van der Waals surface area (Å²) in [6.07, 6.45) is 23.8. The van der Waals surface area contributed by atoms with E-state index in [4.69, 9.17) is 25.7 Å². The van der Waals surface area contributed by atoms with E-state index in [0.29, 0.717) is 0 Å². The highest BCUT2D eigenvalue weighted by Crippen LogP contribution is 2.39. The molecule has 0 aliphatic heterocycles. The Morgan fingerprint density at radius 2 is 0.600 bits per heavy atom. The molecule has 0 saturated carbocycles. The van der Waals surface area contributed by atoms with Crippen LogP contribution in [0.4, 0.5) is 0 Å². The van der Waals surface area contributed by atoms with Gasteiger partial charge in [-0.3, -0.25) is 0 Å². The van der Waals surface area contributed by atoms with E-state index in [1.54, 1.807) is 0 Å². The fourth-order valence-corrected chi connectivity index (χ4v) is 4.47. The first-order chi connectivity index (χ1) is 14.7. The summed E-state index contributed by atoms with van der Waals surface area (Å²) in [5.41, 5.74) is 3.22. The zero-order valence-electron chi connectivity index (χ0n) is 16.1. The maximum atomic E-state index is 5.96. The summed E-state index contributed by atoms with van der Waals surface area (Å²) < 4.78 is 0. The number of benzene rings is 5. The van der Waals surface area contributed by atoms with Crippen molar-refractivity contribution in [2.24, 2.45) is 0 Å². The standard InChI is InChI=1S/C30H14/c1-5-19-23-13-9-10-14-24(23)20(6-2)28-18-30-22(8-4)26-16-12-11-15-25(26)21(7-3)29(30)17-27(19)28/h1-4,9-18H. The van der Waals surface area contributed by atoms with Crippen molar-refractivity contribution in [2.75, 3.05) is 0 Å². The molecular weight excluding hydrogens is 360 g/mol. The molecule has 0 unspecified atom stereocenters. The van der Waals surface area contributed by atoms with Crippen LogP contribution in [0.5, 0.6) is 0 Å². The average Bonchev–Trinajstić information content (AvgIpc) is 2.79. The Morgan fingerprint density at radius 1 is 0.367 bits per heavy atom. The van der Waals surface area contributed by atoms with Crippen molar-refractivity contribution in [3.63, 3.8) is 0 Å². The Bertz CT molecular complexity index is 1460. The maximum Gasteiger partial charge on any atom is 0.0400 e. The fourth-order valence-electron chi connectivity index (χ4n) is 4.47. The molecule has 0 fully saturated rings. The molecule has 0 aliphatic rings. The van der Waals surface area contributed by atoms with Gasteiger partial charge in [-0.05, 0) is 55.2 Å². The lowest BCUT2D eigenvalue weighted by Gasteiger charge is -2.15. The van der Waals surface area contributed by atoms with E-state index in [2.05, 4.69) is 35.8 Å².